The third-order valence-corrected chi connectivity index (χ3v) is 4.68. The number of carbonyl (C=O) groups is 1. The lowest BCUT2D eigenvalue weighted by Crippen LogP contribution is -2.10. The molecule has 1 nitrogen and oxygen atoms in total. The van der Waals surface area contributed by atoms with Gasteiger partial charge in [0, 0.05) is 11.1 Å². The molecular weight excluding hydrogens is 315 g/mol. The van der Waals surface area contributed by atoms with Crippen molar-refractivity contribution >= 4 is 29.0 Å². The highest BCUT2D eigenvalue weighted by Gasteiger charge is 2.18. The molecule has 116 valence electrons. The van der Waals surface area contributed by atoms with E-state index < -0.39 is 0 Å². The molecule has 0 amide bonds. The molecule has 0 N–H and O–H groups in total. The highest BCUT2D eigenvalue weighted by Crippen LogP contribution is 2.27. The van der Waals surface area contributed by atoms with Crippen molar-refractivity contribution in [2.45, 2.75) is 40.0 Å². The number of aryl methyl sites for hydroxylation is 3. The molecule has 0 saturated heterocycles. The predicted molar refractivity (Wildman–Crippen MR) is 94.5 cm³/mol. The van der Waals surface area contributed by atoms with E-state index in [1.165, 1.54) is 5.56 Å². The average Bonchev–Trinajstić information content (AvgIpc) is 2.55. The number of ketones is 1. The van der Waals surface area contributed by atoms with Crippen molar-refractivity contribution in [2.75, 3.05) is 0 Å². The van der Waals surface area contributed by atoms with Crippen LogP contribution in [-0.4, -0.2) is 5.78 Å². The van der Waals surface area contributed by atoms with E-state index in [-0.39, 0.29) is 5.78 Å². The zero-order chi connectivity index (χ0) is 16.3. The minimum Gasteiger partial charge on any atom is -0.289 e. The van der Waals surface area contributed by atoms with E-state index in [4.69, 9.17) is 23.2 Å². The molecule has 0 aromatic heterocycles. The lowest BCUT2D eigenvalue weighted by molar-refractivity contribution is 0.103. The third-order valence-electron chi connectivity index (χ3n) is 3.94. The van der Waals surface area contributed by atoms with Gasteiger partial charge in [-0.15, -0.1) is 0 Å². The Bertz CT molecular complexity index is 680. The number of hydrogen-bond donors (Lipinski definition) is 0. The third kappa shape index (κ3) is 3.37. The summed E-state index contributed by atoms with van der Waals surface area (Å²) in [7, 11) is 0. The van der Waals surface area contributed by atoms with Gasteiger partial charge in [-0.3, -0.25) is 4.79 Å². The molecule has 0 unspecified atom stereocenters. The van der Waals surface area contributed by atoms with E-state index >= 15 is 0 Å². The van der Waals surface area contributed by atoms with Crippen LogP contribution in [0.3, 0.4) is 0 Å². The second-order valence-corrected chi connectivity index (χ2v) is 6.12. The maximum atomic E-state index is 13.0. The van der Waals surface area contributed by atoms with Crippen molar-refractivity contribution < 1.29 is 4.79 Å². The Labute approximate surface area is 142 Å². The number of carbonyl (C=O) groups excluding carboxylic acids is 1. The standard InChI is InChI=1S/C19H20Cl2O/c1-4-12-9-13(5-2)18(14(6-3)10-12)19(22)15-7-8-16(20)17(21)11-15/h7-11H,4-6H2,1-3H3. The molecule has 0 heterocycles. The van der Waals surface area contributed by atoms with E-state index in [0.29, 0.717) is 15.6 Å². The number of benzene rings is 2. The van der Waals surface area contributed by atoms with Crippen LogP contribution in [-0.2, 0) is 19.3 Å². The number of halogens is 2. The largest absolute Gasteiger partial charge is 0.289 e. The van der Waals surface area contributed by atoms with Crippen LogP contribution in [0.15, 0.2) is 30.3 Å². The summed E-state index contributed by atoms with van der Waals surface area (Å²) >= 11 is 12.0. The first-order valence-electron chi connectivity index (χ1n) is 7.66. The van der Waals surface area contributed by atoms with Crippen LogP contribution in [0.5, 0.6) is 0 Å². The summed E-state index contributed by atoms with van der Waals surface area (Å²) < 4.78 is 0. The average molecular weight is 335 g/mol. The summed E-state index contributed by atoms with van der Waals surface area (Å²) in [5, 5.41) is 0.875. The molecule has 0 aliphatic heterocycles. The number of hydrogen-bond acceptors (Lipinski definition) is 1. The van der Waals surface area contributed by atoms with Crippen molar-refractivity contribution in [3.05, 3.63) is 68.2 Å². The maximum Gasteiger partial charge on any atom is 0.193 e. The van der Waals surface area contributed by atoms with Gasteiger partial charge in [0.25, 0.3) is 0 Å². The molecule has 3 heteroatoms. The van der Waals surface area contributed by atoms with E-state index in [1.807, 2.05) is 0 Å². The summed E-state index contributed by atoms with van der Waals surface area (Å²) in [5.41, 5.74) is 4.89. The van der Waals surface area contributed by atoms with Gasteiger partial charge >= 0.3 is 0 Å². The van der Waals surface area contributed by atoms with Crippen LogP contribution in [0.25, 0.3) is 0 Å². The molecule has 2 aromatic carbocycles. The van der Waals surface area contributed by atoms with Crippen LogP contribution in [0.2, 0.25) is 10.0 Å². The Kier molecular flexibility index (Phi) is 5.66. The smallest absolute Gasteiger partial charge is 0.193 e. The first kappa shape index (κ1) is 17.1. The van der Waals surface area contributed by atoms with E-state index in [2.05, 4.69) is 32.9 Å². The molecule has 0 fully saturated rings. The Balaban J connectivity index is 2.59. The first-order valence-corrected chi connectivity index (χ1v) is 8.41. The summed E-state index contributed by atoms with van der Waals surface area (Å²) in [5.74, 6) is 0.0231. The lowest BCUT2D eigenvalue weighted by Gasteiger charge is -2.15. The zero-order valence-electron chi connectivity index (χ0n) is 13.2. The topological polar surface area (TPSA) is 17.1 Å². The highest BCUT2D eigenvalue weighted by atomic mass is 35.5. The quantitative estimate of drug-likeness (QED) is 0.621. The van der Waals surface area contributed by atoms with Crippen LogP contribution < -0.4 is 0 Å². The monoisotopic (exact) mass is 334 g/mol. The van der Waals surface area contributed by atoms with Gasteiger partial charge in [-0.2, -0.15) is 0 Å². The van der Waals surface area contributed by atoms with Gasteiger partial charge in [0.05, 0.1) is 10.0 Å². The minimum absolute atomic E-state index is 0.0231. The van der Waals surface area contributed by atoms with Gasteiger partial charge in [-0.1, -0.05) is 56.1 Å². The van der Waals surface area contributed by atoms with Gasteiger partial charge in [0.1, 0.15) is 0 Å². The van der Waals surface area contributed by atoms with Crippen molar-refractivity contribution in [2.24, 2.45) is 0 Å². The van der Waals surface area contributed by atoms with Crippen LogP contribution in [0.4, 0.5) is 0 Å². The van der Waals surface area contributed by atoms with Gasteiger partial charge < -0.3 is 0 Å². The predicted octanol–water partition coefficient (Wildman–Crippen LogP) is 5.91. The minimum atomic E-state index is 0.0231. The molecular formula is C19H20Cl2O. The molecule has 22 heavy (non-hydrogen) atoms. The van der Waals surface area contributed by atoms with Gasteiger partial charge in [0.15, 0.2) is 5.78 Å². The molecule has 0 aliphatic rings. The summed E-state index contributed by atoms with van der Waals surface area (Å²) in [6.45, 7) is 6.30. The molecule has 0 radical (unpaired) electrons. The Hall–Kier alpha value is -1.31. The first-order chi connectivity index (χ1) is 10.5. The van der Waals surface area contributed by atoms with Crippen LogP contribution in [0.1, 0.15) is 53.4 Å². The molecule has 0 atom stereocenters. The number of rotatable bonds is 5. The van der Waals surface area contributed by atoms with Gasteiger partial charge in [-0.05, 0) is 54.2 Å². The summed E-state index contributed by atoms with van der Waals surface area (Å²) in [6, 6.07) is 9.35. The highest BCUT2D eigenvalue weighted by molar-refractivity contribution is 6.42. The second-order valence-electron chi connectivity index (χ2n) is 5.31. The van der Waals surface area contributed by atoms with Gasteiger partial charge in [0.2, 0.25) is 0 Å². The molecule has 0 spiro atoms. The fraction of sp³-hybridized carbons (Fsp3) is 0.316. The van der Waals surface area contributed by atoms with E-state index in [1.54, 1.807) is 18.2 Å². The SMILES string of the molecule is CCc1cc(CC)c(C(=O)c2ccc(Cl)c(Cl)c2)c(CC)c1. The maximum absolute atomic E-state index is 13.0. The second kappa shape index (κ2) is 7.30. The summed E-state index contributed by atoms with van der Waals surface area (Å²) in [6.07, 6.45) is 2.65. The van der Waals surface area contributed by atoms with E-state index in [0.717, 1.165) is 36.0 Å². The fourth-order valence-electron chi connectivity index (χ4n) is 2.67. The zero-order valence-corrected chi connectivity index (χ0v) is 14.7. The van der Waals surface area contributed by atoms with Crippen molar-refractivity contribution in [1.29, 1.82) is 0 Å². The molecule has 0 bridgehead atoms. The molecule has 2 aromatic rings. The fourth-order valence-corrected chi connectivity index (χ4v) is 2.97. The molecule has 0 aliphatic carbocycles. The normalized spacial score (nSPS) is 10.8. The van der Waals surface area contributed by atoms with Crippen molar-refractivity contribution in [3.8, 4) is 0 Å². The lowest BCUT2D eigenvalue weighted by atomic mass is 9.89. The van der Waals surface area contributed by atoms with Crippen molar-refractivity contribution in [1.82, 2.24) is 0 Å². The molecule has 0 saturated carbocycles. The van der Waals surface area contributed by atoms with Crippen molar-refractivity contribution in [3.63, 3.8) is 0 Å². The van der Waals surface area contributed by atoms with Crippen LogP contribution >= 0.6 is 23.2 Å². The van der Waals surface area contributed by atoms with Crippen LogP contribution in [0, 0.1) is 0 Å². The Morgan fingerprint density at radius 2 is 1.45 bits per heavy atom. The Morgan fingerprint density at radius 1 is 0.864 bits per heavy atom. The summed E-state index contributed by atoms with van der Waals surface area (Å²) in [4.78, 5) is 13.0. The van der Waals surface area contributed by atoms with E-state index in [9.17, 15) is 4.79 Å². The Morgan fingerprint density at radius 3 is 1.91 bits per heavy atom. The van der Waals surface area contributed by atoms with Gasteiger partial charge in [-0.25, -0.2) is 0 Å². The molecule has 2 rings (SSSR count).